The Kier molecular flexibility index (Phi) is 13.9. The van der Waals surface area contributed by atoms with Crippen LogP contribution in [0.2, 0.25) is 13.3 Å². The van der Waals surface area contributed by atoms with Gasteiger partial charge >= 0.3 is 112 Å². The van der Waals surface area contributed by atoms with Crippen molar-refractivity contribution in [3.63, 3.8) is 0 Å². The zero-order chi connectivity index (χ0) is 12.6. The maximum atomic E-state index is 2.38. The van der Waals surface area contributed by atoms with Gasteiger partial charge in [0, 0.05) is 0 Å². The molecule has 0 rings (SSSR count). The number of rotatable bonds is 9. The molecular formula is C15H34FSn. The molecule has 105 valence electrons. The van der Waals surface area contributed by atoms with Crippen molar-refractivity contribution in [2.45, 2.75) is 74.1 Å². The zero-order valence-corrected chi connectivity index (χ0v) is 15.7. The molecule has 0 aromatic rings. The van der Waals surface area contributed by atoms with Crippen LogP contribution < -0.4 is 0 Å². The average molecular weight is 352 g/mol. The third-order valence-corrected chi connectivity index (χ3v) is 11.8. The van der Waals surface area contributed by atoms with E-state index in [1.807, 2.05) is 0 Å². The van der Waals surface area contributed by atoms with Gasteiger partial charge in [0.15, 0.2) is 0 Å². The van der Waals surface area contributed by atoms with E-state index in [9.17, 15) is 0 Å². The molecule has 0 aliphatic rings. The van der Waals surface area contributed by atoms with Crippen LogP contribution in [0.4, 0.5) is 4.70 Å². The van der Waals surface area contributed by atoms with E-state index in [4.69, 9.17) is 0 Å². The van der Waals surface area contributed by atoms with Gasteiger partial charge in [-0.05, 0) is 0 Å². The number of hydrogen-bond acceptors (Lipinski definition) is 0. The first kappa shape index (κ1) is 20.1. The van der Waals surface area contributed by atoms with Crippen molar-refractivity contribution in [3.05, 3.63) is 0 Å². The van der Waals surface area contributed by atoms with Crippen LogP contribution in [0.5, 0.6) is 0 Å². The first-order valence-corrected chi connectivity index (χ1v) is 13.3. The largest absolute Gasteiger partial charge is 0.269 e. The van der Waals surface area contributed by atoms with Gasteiger partial charge in [0.25, 0.3) is 0 Å². The van der Waals surface area contributed by atoms with Crippen molar-refractivity contribution in [1.82, 2.24) is 0 Å². The van der Waals surface area contributed by atoms with Crippen LogP contribution in [0.15, 0.2) is 0 Å². The molecule has 0 spiro atoms. The van der Waals surface area contributed by atoms with E-state index in [0.717, 1.165) is 17.8 Å². The quantitative estimate of drug-likeness (QED) is 0.462. The van der Waals surface area contributed by atoms with E-state index in [1.165, 1.54) is 19.3 Å². The smallest absolute Gasteiger partial charge is 0.269 e. The third kappa shape index (κ3) is 14.7. The van der Waals surface area contributed by atoms with Gasteiger partial charge < -0.3 is 0 Å². The molecule has 0 fully saturated rings. The minimum absolute atomic E-state index is 0. The van der Waals surface area contributed by atoms with Gasteiger partial charge in [-0.25, -0.2) is 0 Å². The molecule has 1 radical (unpaired) electrons. The molecule has 0 saturated carbocycles. The van der Waals surface area contributed by atoms with Crippen LogP contribution in [0, 0.1) is 17.8 Å². The predicted octanol–water partition coefficient (Wildman–Crippen LogP) is 5.77. The van der Waals surface area contributed by atoms with Crippen LogP contribution in [-0.2, 0) is 0 Å². The molecule has 17 heavy (non-hydrogen) atoms. The summed E-state index contributed by atoms with van der Waals surface area (Å²) in [5.74, 6) is 2.77. The first-order valence-electron chi connectivity index (χ1n) is 7.25. The molecule has 0 atom stereocenters. The second-order valence-electron chi connectivity index (χ2n) is 6.55. The molecule has 0 bridgehead atoms. The summed E-state index contributed by atoms with van der Waals surface area (Å²) in [6.45, 7) is 14.3. The summed E-state index contributed by atoms with van der Waals surface area (Å²) >= 11 is -0.982. The van der Waals surface area contributed by atoms with Gasteiger partial charge in [-0.15, -0.1) is 0 Å². The molecule has 0 aromatic heterocycles. The molecule has 0 aliphatic heterocycles. The Morgan fingerprint density at radius 2 is 0.824 bits per heavy atom. The summed E-state index contributed by atoms with van der Waals surface area (Å²) in [4.78, 5) is 0. The maximum absolute atomic E-state index is 2.38. The fourth-order valence-corrected chi connectivity index (χ4v) is 12.4. The molecular weight excluding hydrogens is 318 g/mol. The van der Waals surface area contributed by atoms with Crippen LogP contribution in [0.25, 0.3) is 0 Å². The Morgan fingerprint density at radius 1 is 0.588 bits per heavy atom. The Balaban J connectivity index is 0. The molecule has 2 heteroatoms. The van der Waals surface area contributed by atoms with Crippen molar-refractivity contribution in [2.24, 2.45) is 17.8 Å². The normalized spacial score (nSPS) is 11.6. The number of hydrogen-bond donors (Lipinski definition) is 0. The van der Waals surface area contributed by atoms with E-state index in [0.29, 0.717) is 0 Å². The molecule has 0 amide bonds. The molecule has 0 nitrogen and oxygen atoms in total. The van der Waals surface area contributed by atoms with E-state index in [-0.39, 0.29) is 4.70 Å². The van der Waals surface area contributed by atoms with Crippen LogP contribution >= 0.6 is 0 Å². The van der Waals surface area contributed by atoms with Gasteiger partial charge in [-0.3, -0.25) is 4.70 Å². The minimum atomic E-state index is -0.982. The second-order valence-corrected chi connectivity index (χ2v) is 15.1. The SMILES string of the molecule is CC(C)C[CH2][Sn]([CH2]CC(C)C)[CH2]CC(C)C.F. The summed E-state index contributed by atoms with van der Waals surface area (Å²) in [5.41, 5.74) is 0. The van der Waals surface area contributed by atoms with Crippen LogP contribution in [0.1, 0.15) is 60.8 Å². The zero-order valence-electron chi connectivity index (χ0n) is 12.9. The van der Waals surface area contributed by atoms with Crippen molar-refractivity contribution in [2.75, 3.05) is 0 Å². The Bertz CT molecular complexity index is 126. The monoisotopic (exact) mass is 353 g/mol. The number of halogens is 1. The van der Waals surface area contributed by atoms with Crippen LogP contribution in [0.3, 0.4) is 0 Å². The minimum Gasteiger partial charge on any atom is -0.269 e. The van der Waals surface area contributed by atoms with Gasteiger partial charge in [-0.2, -0.15) is 0 Å². The molecule has 0 aromatic carbocycles. The fraction of sp³-hybridized carbons (Fsp3) is 1.00. The third-order valence-electron chi connectivity index (χ3n) is 3.23. The maximum Gasteiger partial charge on any atom is -0.269 e. The summed E-state index contributed by atoms with van der Waals surface area (Å²) in [6.07, 6.45) is 4.51. The Hall–Kier alpha value is 0.729. The summed E-state index contributed by atoms with van der Waals surface area (Å²) in [7, 11) is 0. The molecule has 0 heterocycles. The van der Waals surface area contributed by atoms with Crippen molar-refractivity contribution >= 4 is 19.8 Å². The summed E-state index contributed by atoms with van der Waals surface area (Å²) in [6, 6.07) is 0. The van der Waals surface area contributed by atoms with Crippen molar-refractivity contribution < 1.29 is 4.70 Å². The van der Waals surface area contributed by atoms with Crippen molar-refractivity contribution in [3.8, 4) is 0 Å². The van der Waals surface area contributed by atoms with Gasteiger partial charge in [-0.1, -0.05) is 0 Å². The molecule has 0 aliphatic carbocycles. The topological polar surface area (TPSA) is 0 Å². The summed E-state index contributed by atoms with van der Waals surface area (Å²) < 4.78 is 4.96. The first-order chi connectivity index (χ1) is 7.41. The van der Waals surface area contributed by atoms with E-state index < -0.39 is 19.8 Å². The van der Waals surface area contributed by atoms with Gasteiger partial charge in [0.1, 0.15) is 0 Å². The fourth-order valence-electron chi connectivity index (χ4n) is 1.85. The Labute approximate surface area is 116 Å². The molecule has 0 saturated heterocycles. The standard InChI is InChI=1S/3C5H11.FH.Sn/c3*1-4-5(2)3;;/h3*5H,1,4H2,2-3H3;1H;. The predicted molar refractivity (Wildman–Crippen MR) is 81.0 cm³/mol. The molecule has 0 unspecified atom stereocenters. The average Bonchev–Trinajstić information content (AvgIpc) is 2.15. The second kappa shape index (κ2) is 11.8. The Morgan fingerprint density at radius 3 is 1.00 bits per heavy atom. The molecule has 0 N–H and O–H groups in total. The van der Waals surface area contributed by atoms with Gasteiger partial charge in [0.05, 0.1) is 0 Å². The van der Waals surface area contributed by atoms with Gasteiger partial charge in [0.2, 0.25) is 0 Å². The van der Waals surface area contributed by atoms with Crippen molar-refractivity contribution in [1.29, 1.82) is 0 Å². The van der Waals surface area contributed by atoms with E-state index in [2.05, 4.69) is 41.5 Å². The van der Waals surface area contributed by atoms with E-state index in [1.54, 1.807) is 13.3 Å². The van der Waals surface area contributed by atoms with E-state index >= 15 is 0 Å². The van der Waals surface area contributed by atoms with Crippen LogP contribution in [-0.4, -0.2) is 19.8 Å². The summed E-state index contributed by atoms with van der Waals surface area (Å²) in [5, 5.41) is 0.